The minimum atomic E-state index is -4.90. The van der Waals surface area contributed by atoms with Crippen molar-refractivity contribution in [2.24, 2.45) is 5.73 Å². The summed E-state index contributed by atoms with van der Waals surface area (Å²) < 4.78 is 39.5. The largest absolute Gasteiger partial charge is 0.417 e. The Balaban J connectivity index is 2.83. The first-order valence-electron chi connectivity index (χ1n) is 7.21. The Bertz CT molecular complexity index is 827. The van der Waals surface area contributed by atoms with Gasteiger partial charge >= 0.3 is 12.2 Å². The van der Waals surface area contributed by atoms with Gasteiger partial charge in [0, 0.05) is 13.6 Å². The minimum absolute atomic E-state index is 0.218. The van der Waals surface area contributed by atoms with Gasteiger partial charge in [-0.2, -0.15) is 13.2 Å². The summed E-state index contributed by atoms with van der Waals surface area (Å²) in [5.74, 6) is -4.14. The van der Waals surface area contributed by atoms with Crippen molar-refractivity contribution in [3.63, 3.8) is 0 Å². The number of alkyl halides is 3. The average Bonchev–Trinajstić information content (AvgIpc) is 2.54. The van der Waals surface area contributed by atoms with E-state index in [1.807, 2.05) is 0 Å². The second-order valence-corrected chi connectivity index (χ2v) is 5.91. The standard InChI is InChI=1S/C15H13ClF3N3O4/c1-3-22-12(25)14(10(20)23,11(24)21(2)13(22)26)7-4-5-9(16)8(6-7)15(17,18)19/h4-6H,3H2,1-2H3,(H2,20,23). The highest BCUT2D eigenvalue weighted by molar-refractivity contribution is 6.35. The number of halogens is 4. The molecule has 0 spiro atoms. The second-order valence-electron chi connectivity index (χ2n) is 5.50. The predicted octanol–water partition coefficient (Wildman–Crippen LogP) is 1.52. The van der Waals surface area contributed by atoms with Crippen LogP contribution in [-0.4, -0.2) is 47.1 Å². The van der Waals surface area contributed by atoms with E-state index in [-0.39, 0.29) is 6.54 Å². The summed E-state index contributed by atoms with van der Waals surface area (Å²) in [5.41, 5.74) is 0.512. The zero-order chi connectivity index (χ0) is 20.0. The highest BCUT2D eigenvalue weighted by atomic mass is 35.5. The maximum atomic E-state index is 13.2. The summed E-state index contributed by atoms with van der Waals surface area (Å²) in [4.78, 5) is 50.7. The number of carbonyl (C=O) groups is 4. The first-order chi connectivity index (χ1) is 11.9. The molecule has 1 heterocycles. The monoisotopic (exact) mass is 391 g/mol. The number of hydrogen-bond acceptors (Lipinski definition) is 4. The highest BCUT2D eigenvalue weighted by Gasteiger charge is 2.62. The molecule has 1 aliphatic rings. The van der Waals surface area contributed by atoms with Crippen LogP contribution in [0.15, 0.2) is 18.2 Å². The lowest BCUT2D eigenvalue weighted by atomic mass is 9.75. The van der Waals surface area contributed by atoms with E-state index in [4.69, 9.17) is 17.3 Å². The molecule has 1 aromatic carbocycles. The van der Waals surface area contributed by atoms with Gasteiger partial charge in [0.1, 0.15) is 0 Å². The summed E-state index contributed by atoms with van der Waals surface area (Å²) >= 11 is 5.54. The number of urea groups is 1. The highest BCUT2D eigenvalue weighted by Crippen LogP contribution is 2.40. The summed E-state index contributed by atoms with van der Waals surface area (Å²) in [6, 6.07) is 1.14. The molecule has 0 aliphatic carbocycles. The van der Waals surface area contributed by atoms with Gasteiger partial charge in [0.25, 0.3) is 11.8 Å². The van der Waals surface area contributed by atoms with E-state index in [0.717, 1.165) is 19.2 Å². The molecule has 0 radical (unpaired) electrons. The van der Waals surface area contributed by atoms with Crippen molar-refractivity contribution in [1.29, 1.82) is 0 Å². The van der Waals surface area contributed by atoms with Crippen molar-refractivity contribution in [1.82, 2.24) is 9.80 Å². The third-order valence-electron chi connectivity index (χ3n) is 4.10. The molecule has 1 aromatic rings. The molecule has 1 fully saturated rings. The van der Waals surface area contributed by atoms with Gasteiger partial charge in [0.05, 0.1) is 10.6 Å². The molecule has 1 aliphatic heterocycles. The lowest BCUT2D eigenvalue weighted by Crippen LogP contribution is -2.70. The Morgan fingerprint density at radius 3 is 2.27 bits per heavy atom. The van der Waals surface area contributed by atoms with Gasteiger partial charge < -0.3 is 5.73 Å². The van der Waals surface area contributed by atoms with Crippen molar-refractivity contribution >= 4 is 35.4 Å². The number of benzene rings is 1. The smallest absolute Gasteiger partial charge is 0.368 e. The molecule has 0 aromatic heterocycles. The van der Waals surface area contributed by atoms with Gasteiger partial charge in [-0.3, -0.25) is 24.2 Å². The number of amides is 5. The van der Waals surface area contributed by atoms with Crippen LogP contribution in [0, 0.1) is 0 Å². The van der Waals surface area contributed by atoms with E-state index < -0.39 is 51.5 Å². The van der Waals surface area contributed by atoms with E-state index in [1.54, 1.807) is 0 Å². The normalized spacial score (nSPS) is 21.4. The van der Waals surface area contributed by atoms with E-state index in [1.165, 1.54) is 6.92 Å². The van der Waals surface area contributed by atoms with Gasteiger partial charge in [-0.15, -0.1) is 0 Å². The Morgan fingerprint density at radius 1 is 1.23 bits per heavy atom. The molecule has 2 rings (SSSR count). The zero-order valence-corrected chi connectivity index (χ0v) is 14.3. The molecule has 5 amide bonds. The fraction of sp³-hybridized carbons (Fsp3) is 0.333. The Morgan fingerprint density at radius 2 is 1.81 bits per heavy atom. The average molecular weight is 392 g/mol. The number of likely N-dealkylation sites (N-methyl/N-ethyl adjacent to an activating group) is 2. The van der Waals surface area contributed by atoms with Gasteiger partial charge in [0.15, 0.2) is 0 Å². The Hall–Kier alpha value is -2.62. The number of rotatable bonds is 3. The van der Waals surface area contributed by atoms with E-state index in [0.29, 0.717) is 15.9 Å². The number of barbiturate groups is 1. The topological polar surface area (TPSA) is 101 Å². The van der Waals surface area contributed by atoms with Crippen LogP contribution in [0.5, 0.6) is 0 Å². The molecular formula is C15H13ClF3N3O4. The summed E-state index contributed by atoms with van der Waals surface area (Å²) in [6.45, 7) is 1.18. The number of hydrogen-bond donors (Lipinski definition) is 1. The third kappa shape index (κ3) is 2.61. The number of nitrogens with zero attached hydrogens (tertiary/aromatic N) is 2. The van der Waals surface area contributed by atoms with Crippen LogP contribution < -0.4 is 5.73 Å². The van der Waals surface area contributed by atoms with Crippen LogP contribution in [0.2, 0.25) is 5.02 Å². The molecule has 2 N–H and O–H groups in total. The summed E-state index contributed by atoms with van der Waals surface area (Å²) in [5, 5.41) is -0.687. The van der Waals surface area contributed by atoms with Crippen molar-refractivity contribution in [3.8, 4) is 0 Å². The molecular weight excluding hydrogens is 379 g/mol. The van der Waals surface area contributed by atoms with Crippen LogP contribution in [0.4, 0.5) is 18.0 Å². The number of nitrogens with two attached hydrogens (primary N) is 1. The van der Waals surface area contributed by atoms with Gasteiger partial charge in [0.2, 0.25) is 11.3 Å². The van der Waals surface area contributed by atoms with E-state index in [2.05, 4.69) is 0 Å². The molecule has 1 saturated heterocycles. The van der Waals surface area contributed by atoms with Crippen LogP contribution in [-0.2, 0) is 26.0 Å². The van der Waals surface area contributed by atoms with Crippen molar-refractivity contribution in [3.05, 3.63) is 34.3 Å². The molecule has 0 bridgehead atoms. The zero-order valence-electron chi connectivity index (χ0n) is 13.6. The molecule has 0 saturated carbocycles. The van der Waals surface area contributed by atoms with Crippen LogP contribution in [0.25, 0.3) is 0 Å². The van der Waals surface area contributed by atoms with Crippen LogP contribution >= 0.6 is 11.6 Å². The molecule has 1 unspecified atom stereocenters. The summed E-state index contributed by atoms with van der Waals surface area (Å²) in [6.07, 6.45) is -4.90. The Labute approximate surface area is 150 Å². The lowest BCUT2D eigenvalue weighted by molar-refractivity contribution is -0.156. The maximum absolute atomic E-state index is 13.2. The first kappa shape index (κ1) is 19.7. The van der Waals surface area contributed by atoms with Gasteiger partial charge in [-0.05, 0) is 24.6 Å². The van der Waals surface area contributed by atoms with Crippen LogP contribution in [0.3, 0.4) is 0 Å². The Kier molecular flexibility index (Phi) is 4.75. The minimum Gasteiger partial charge on any atom is -0.368 e. The molecule has 11 heteroatoms. The SMILES string of the molecule is CCN1C(=O)N(C)C(=O)C(C(N)=O)(c2ccc(Cl)c(C(F)(F)F)c2)C1=O. The first-order valence-corrected chi connectivity index (χ1v) is 7.59. The van der Waals surface area contributed by atoms with Crippen molar-refractivity contribution in [2.75, 3.05) is 13.6 Å². The van der Waals surface area contributed by atoms with Crippen LogP contribution in [0.1, 0.15) is 18.1 Å². The lowest BCUT2D eigenvalue weighted by Gasteiger charge is -2.41. The third-order valence-corrected chi connectivity index (χ3v) is 4.43. The van der Waals surface area contributed by atoms with E-state index in [9.17, 15) is 32.3 Å². The maximum Gasteiger partial charge on any atom is 0.417 e. The predicted molar refractivity (Wildman–Crippen MR) is 82.9 cm³/mol. The molecule has 1 atom stereocenters. The summed E-state index contributed by atoms with van der Waals surface area (Å²) in [7, 11) is 0.998. The number of carbonyl (C=O) groups excluding carboxylic acids is 4. The fourth-order valence-electron chi connectivity index (χ4n) is 2.75. The molecule has 26 heavy (non-hydrogen) atoms. The number of primary amides is 1. The molecule has 140 valence electrons. The molecule has 7 nitrogen and oxygen atoms in total. The van der Waals surface area contributed by atoms with Crippen molar-refractivity contribution < 1.29 is 32.3 Å². The quantitative estimate of drug-likeness (QED) is 0.789. The van der Waals surface area contributed by atoms with Gasteiger partial charge in [-0.1, -0.05) is 17.7 Å². The van der Waals surface area contributed by atoms with E-state index >= 15 is 0 Å². The number of imide groups is 2. The fourth-order valence-corrected chi connectivity index (χ4v) is 2.98. The van der Waals surface area contributed by atoms with Crippen molar-refractivity contribution in [2.45, 2.75) is 18.5 Å². The van der Waals surface area contributed by atoms with Gasteiger partial charge in [-0.25, -0.2) is 4.79 Å². The second kappa shape index (κ2) is 6.27.